The van der Waals surface area contributed by atoms with Crippen LogP contribution in [0.5, 0.6) is 5.75 Å². The Morgan fingerprint density at radius 3 is 2.60 bits per heavy atom. The number of benzene rings is 1. The zero-order chi connectivity index (χ0) is 34.4. The molecule has 0 aliphatic carbocycles. The summed E-state index contributed by atoms with van der Waals surface area (Å²) in [5.41, 5.74) is -0.974. The highest BCUT2D eigenvalue weighted by Gasteiger charge is 2.27. The third kappa shape index (κ3) is 10.6. The summed E-state index contributed by atoms with van der Waals surface area (Å²) >= 11 is 0. The molecule has 1 aliphatic rings. The molecule has 0 bridgehead atoms. The Hall–Kier alpha value is -4.32. The summed E-state index contributed by atoms with van der Waals surface area (Å²) in [6.45, 7) is 0.685. The van der Waals surface area contributed by atoms with Crippen molar-refractivity contribution in [3.05, 3.63) is 70.2 Å². The number of hydrogen-bond donors (Lipinski definition) is 2. The first-order valence-corrected chi connectivity index (χ1v) is 16.5. The highest BCUT2D eigenvalue weighted by molar-refractivity contribution is 7.88. The number of carbonyl (C=O) groups is 2. The highest BCUT2D eigenvalue weighted by atomic mass is 32.2. The van der Waals surface area contributed by atoms with Gasteiger partial charge in [0.15, 0.2) is 5.69 Å². The van der Waals surface area contributed by atoms with Gasteiger partial charge in [-0.1, -0.05) is 17.3 Å². The molecular weight excluding hydrogens is 650 g/mol. The lowest BCUT2D eigenvalue weighted by molar-refractivity contribution is -0.159. The van der Waals surface area contributed by atoms with Gasteiger partial charge in [-0.15, -0.1) is 5.10 Å². The number of halogens is 4. The van der Waals surface area contributed by atoms with Gasteiger partial charge in [0, 0.05) is 45.7 Å². The van der Waals surface area contributed by atoms with Crippen LogP contribution in [0.15, 0.2) is 47.5 Å². The molecule has 1 atom stereocenters. The number of rotatable bonds is 14. The maximum Gasteiger partial charge on any atom is 0.394 e. The lowest BCUT2D eigenvalue weighted by atomic mass is 9.94. The third-order valence-electron chi connectivity index (χ3n) is 7.39. The van der Waals surface area contributed by atoms with Crippen LogP contribution in [0.3, 0.4) is 0 Å². The molecule has 1 saturated heterocycles. The Bertz CT molecular complexity index is 1740. The van der Waals surface area contributed by atoms with E-state index in [0.717, 1.165) is 15.5 Å². The lowest BCUT2D eigenvalue weighted by Gasteiger charge is -2.29. The van der Waals surface area contributed by atoms with Crippen LogP contribution in [0.4, 0.5) is 23.2 Å². The Morgan fingerprint density at radius 1 is 1.19 bits per heavy atom. The van der Waals surface area contributed by atoms with Gasteiger partial charge < -0.3 is 19.9 Å². The molecule has 2 aromatic heterocycles. The van der Waals surface area contributed by atoms with Crippen LogP contribution in [0, 0.1) is 11.7 Å². The molecule has 0 spiro atoms. The number of carbonyl (C=O) groups excluding carboxylic acids is 2. The standard InChI is InChI=1S/C29H35F4N7O6S/c1-29(32,33)46-22-5-3-4-20(14-22)16-34-27(42)24-18-39(37-36-24)17-21(30)8-10-38-11-9-23(26(31)28(38)43)35-25(41)15-19-6-12-40(13-7-19)47(2,44)45/h3-5,9,11,14,18-19,21H,6-8,10,12-13,15-17H2,1-2H3,(H,34,42)(H,35,41). The van der Waals surface area contributed by atoms with Crippen molar-refractivity contribution in [2.45, 2.75) is 64.5 Å². The quantitative estimate of drug-likeness (QED) is 0.245. The number of sulfonamides is 1. The summed E-state index contributed by atoms with van der Waals surface area (Å²) in [4.78, 5) is 37.4. The van der Waals surface area contributed by atoms with Crippen molar-refractivity contribution >= 4 is 27.5 Å². The van der Waals surface area contributed by atoms with E-state index in [2.05, 4.69) is 25.7 Å². The molecule has 3 aromatic rings. The maximum absolute atomic E-state index is 14.8. The van der Waals surface area contributed by atoms with E-state index >= 15 is 0 Å². The van der Waals surface area contributed by atoms with Gasteiger partial charge in [-0.25, -0.2) is 21.8 Å². The number of piperidine rings is 1. The first kappa shape index (κ1) is 35.5. The zero-order valence-corrected chi connectivity index (χ0v) is 26.5. The second-order valence-corrected chi connectivity index (χ2v) is 13.3. The van der Waals surface area contributed by atoms with Crippen molar-refractivity contribution in [2.24, 2.45) is 5.92 Å². The second kappa shape index (κ2) is 15.1. The fourth-order valence-corrected chi connectivity index (χ4v) is 5.87. The fourth-order valence-electron chi connectivity index (χ4n) is 4.99. The van der Waals surface area contributed by atoms with Crippen LogP contribution in [-0.4, -0.2) is 75.7 Å². The zero-order valence-electron chi connectivity index (χ0n) is 25.7. The number of nitrogens with one attached hydrogen (secondary N) is 2. The van der Waals surface area contributed by atoms with Gasteiger partial charge in [0.2, 0.25) is 21.7 Å². The molecule has 18 heteroatoms. The van der Waals surface area contributed by atoms with Crippen molar-refractivity contribution in [3.63, 3.8) is 0 Å². The SMILES string of the molecule is CC(F)(F)Oc1cccc(CNC(=O)c2cn(CC(F)CCn3ccc(NC(=O)CC4CCN(S(C)(=O)=O)CC4)c(F)c3=O)nn2)c1. The van der Waals surface area contributed by atoms with E-state index in [1.807, 2.05) is 0 Å². The smallest absolute Gasteiger partial charge is 0.394 e. The van der Waals surface area contributed by atoms with Crippen LogP contribution in [0.25, 0.3) is 0 Å². The highest BCUT2D eigenvalue weighted by Crippen LogP contribution is 2.24. The van der Waals surface area contributed by atoms with E-state index < -0.39 is 45.5 Å². The monoisotopic (exact) mass is 685 g/mol. The minimum atomic E-state index is -3.37. The number of amides is 2. The number of nitrogens with zero attached hydrogens (tertiary/aromatic N) is 5. The third-order valence-corrected chi connectivity index (χ3v) is 8.69. The summed E-state index contributed by atoms with van der Waals surface area (Å²) < 4.78 is 86.9. The molecule has 1 fully saturated rings. The first-order valence-electron chi connectivity index (χ1n) is 14.7. The molecule has 256 valence electrons. The summed E-state index contributed by atoms with van der Waals surface area (Å²) in [6, 6.07) is 7.00. The van der Waals surface area contributed by atoms with Crippen LogP contribution < -0.4 is 20.9 Å². The van der Waals surface area contributed by atoms with Gasteiger partial charge in [0.25, 0.3) is 11.5 Å². The number of ether oxygens (including phenoxy) is 1. The Kier molecular flexibility index (Phi) is 11.4. The van der Waals surface area contributed by atoms with E-state index in [0.29, 0.717) is 38.4 Å². The molecular formula is C29H35F4N7O6S. The number of aryl methyl sites for hydroxylation is 1. The summed E-state index contributed by atoms with van der Waals surface area (Å²) in [5.74, 6) is -2.50. The van der Waals surface area contributed by atoms with Crippen LogP contribution in [0.1, 0.15) is 48.7 Å². The summed E-state index contributed by atoms with van der Waals surface area (Å²) in [7, 11) is -3.30. The normalized spacial score (nSPS) is 15.3. The number of pyridine rings is 1. The minimum absolute atomic E-state index is 0.0234. The van der Waals surface area contributed by atoms with Crippen molar-refractivity contribution < 1.29 is 40.3 Å². The van der Waals surface area contributed by atoms with Gasteiger partial charge in [-0.05, 0) is 48.9 Å². The van der Waals surface area contributed by atoms with Crippen LogP contribution >= 0.6 is 0 Å². The van der Waals surface area contributed by atoms with Gasteiger partial charge in [-0.2, -0.15) is 13.2 Å². The molecule has 3 heterocycles. The number of anilines is 1. The number of hydrogen-bond acceptors (Lipinski definition) is 8. The van der Waals surface area contributed by atoms with Crippen molar-refractivity contribution in [1.82, 2.24) is 29.2 Å². The molecule has 2 amide bonds. The lowest BCUT2D eigenvalue weighted by Crippen LogP contribution is -2.38. The Balaban J connectivity index is 1.22. The number of alkyl halides is 3. The van der Waals surface area contributed by atoms with Crippen molar-refractivity contribution in [1.29, 1.82) is 0 Å². The van der Waals surface area contributed by atoms with Gasteiger partial charge in [0.1, 0.15) is 11.9 Å². The predicted octanol–water partition coefficient (Wildman–Crippen LogP) is 2.93. The van der Waals surface area contributed by atoms with E-state index in [9.17, 15) is 40.4 Å². The second-order valence-electron chi connectivity index (χ2n) is 11.4. The number of aromatic nitrogens is 4. The molecule has 1 unspecified atom stereocenters. The molecule has 1 aromatic carbocycles. The Labute approximate surface area is 267 Å². The molecule has 13 nitrogen and oxygen atoms in total. The fraction of sp³-hybridized carbons (Fsp3) is 0.483. The van der Waals surface area contributed by atoms with Crippen molar-refractivity contribution in [3.8, 4) is 5.75 Å². The van der Waals surface area contributed by atoms with E-state index in [1.165, 1.54) is 41.0 Å². The van der Waals surface area contributed by atoms with Crippen LogP contribution in [-0.2, 0) is 34.5 Å². The van der Waals surface area contributed by atoms with Crippen LogP contribution in [0.2, 0.25) is 0 Å². The predicted molar refractivity (Wildman–Crippen MR) is 161 cm³/mol. The first-order chi connectivity index (χ1) is 22.1. The van der Waals surface area contributed by atoms with E-state index in [-0.39, 0.29) is 55.5 Å². The largest absolute Gasteiger partial charge is 0.433 e. The molecule has 0 saturated carbocycles. The molecule has 0 radical (unpaired) electrons. The summed E-state index contributed by atoms with van der Waals surface area (Å²) in [5, 5.41) is 12.4. The average molecular weight is 686 g/mol. The van der Waals surface area contributed by atoms with E-state index in [1.54, 1.807) is 6.07 Å². The molecule has 47 heavy (non-hydrogen) atoms. The topological polar surface area (TPSA) is 158 Å². The van der Waals surface area contributed by atoms with Gasteiger partial charge in [-0.3, -0.25) is 14.4 Å². The molecule has 4 rings (SSSR count). The minimum Gasteiger partial charge on any atom is -0.433 e. The maximum atomic E-state index is 14.8. The van der Waals surface area contributed by atoms with Gasteiger partial charge in [0.05, 0.1) is 24.7 Å². The molecule has 2 N–H and O–H groups in total. The van der Waals surface area contributed by atoms with Gasteiger partial charge >= 0.3 is 6.11 Å². The summed E-state index contributed by atoms with van der Waals surface area (Å²) in [6.07, 6.45) is -0.517. The molecule has 1 aliphatic heterocycles. The Morgan fingerprint density at radius 2 is 1.91 bits per heavy atom. The van der Waals surface area contributed by atoms with Crippen molar-refractivity contribution in [2.75, 3.05) is 24.7 Å². The van der Waals surface area contributed by atoms with E-state index in [4.69, 9.17) is 0 Å². The average Bonchev–Trinajstić information content (AvgIpc) is 3.45.